The van der Waals surface area contributed by atoms with Crippen molar-refractivity contribution in [3.05, 3.63) is 35.9 Å². The second-order valence-electron chi connectivity index (χ2n) is 5.08. The van der Waals surface area contributed by atoms with Crippen LogP contribution in [0.5, 0.6) is 0 Å². The Morgan fingerprint density at radius 3 is 2.11 bits per heavy atom. The lowest BCUT2D eigenvalue weighted by molar-refractivity contribution is -0.134. The van der Waals surface area contributed by atoms with E-state index in [4.69, 9.17) is 9.90 Å². The van der Waals surface area contributed by atoms with Gasteiger partial charge in [-0.2, -0.15) is 0 Å². The Labute approximate surface area is 109 Å². The quantitative estimate of drug-likeness (QED) is 0.772. The third-order valence-electron chi connectivity index (χ3n) is 2.01. The predicted octanol–water partition coefficient (Wildman–Crippen LogP) is 2.20. The van der Waals surface area contributed by atoms with Gasteiger partial charge in [0, 0.05) is 19.0 Å². The van der Waals surface area contributed by atoms with Crippen molar-refractivity contribution in [3.8, 4) is 0 Å². The molecule has 4 nitrogen and oxygen atoms in total. The smallest absolute Gasteiger partial charge is 0.300 e. The minimum atomic E-state index is -0.833. The van der Waals surface area contributed by atoms with Gasteiger partial charge >= 0.3 is 0 Å². The Morgan fingerprint density at radius 2 is 1.72 bits per heavy atom. The van der Waals surface area contributed by atoms with E-state index >= 15 is 0 Å². The third kappa shape index (κ3) is 9.81. The van der Waals surface area contributed by atoms with E-state index in [1.807, 2.05) is 30.3 Å². The number of carboxylic acid groups (broad SMARTS) is 1. The Morgan fingerprint density at radius 1 is 1.28 bits per heavy atom. The first kappa shape index (κ1) is 16.6. The van der Waals surface area contributed by atoms with Crippen molar-refractivity contribution in [1.29, 1.82) is 0 Å². The van der Waals surface area contributed by atoms with Crippen LogP contribution >= 0.6 is 0 Å². The minimum absolute atomic E-state index is 0.0513. The number of β-amino-alcohol motifs (C(OH)–C–C–N with tert-alkyl or cyclic N) is 1. The lowest BCUT2D eigenvalue weighted by Crippen LogP contribution is -2.38. The highest BCUT2D eigenvalue weighted by Crippen LogP contribution is 2.12. The molecule has 0 spiro atoms. The third-order valence-corrected chi connectivity index (χ3v) is 2.01. The molecule has 0 fully saturated rings. The fourth-order valence-electron chi connectivity index (χ4n) is 1.20. The second-order valence-corrected chi connectivity index (χ2v) is 5.08. The first-order valence-corrected chi connectivity index (χ1v) is 5.90. The zero-order chi connectivity index (χ0) is 14.2. The highest BCUT2D eigenvalue weighted by molar-refractivity contribution is 5.62. The van der Waals surface area contributed by atoms with E-state index in [1.54, 1.807) is 0 Å². The normalized spacial score (nSPS) is 12.3. The highest BCUT2D eigenvalue weighted by atomic mass is 16.4. The van der Waals surface area contributed by atoms with Gasteiger partial charge in [0.25, 0.3) is 5.97 Å². The van der Waals surface area contributed by atoms with Crippen molar-refractivity contribution in [1.82, 2.24) is 5.32 Å². The molecule has 0 amide bonds. The van der Waals surface area contributed by atoms with Crippen molar-refractivity contribution >= 4 is 5.97 Å². The van der Waals surface area contributed by atoms with Gasteiger partial charge in [-0.1, -0.05) is 30.3 Å². The number of nitrogens with one attached hydrogen (secondary N) is 1. The van der Waals surface area contributed by atoms with Crippen molar-refractivity contribution in [2.24, 2.45) is 0 Å². The molecular weight excluding hydrogens is 230 g/mol. The molecule has 0 saturated carbocycles. The maximum atomic E-state index is 9.82. The Hall–Kier alpha value is -1.39. The molecule has 1 atom stereocenters. The Kier molecular flexibility index (Phi) is 7.24. The van der Waals surface area contributed by atoms with Crippen LogP contribution in [-0.4, -0.2) is 28.3 Å². The molecule has 0 aliphatic heterocycles. The van der Waals surface area contributed by atoms with E-state index in [0.29, 0.717) is 6.54 Å². The summed E-state index contributed by atoms with van der Waals surface area (Å²) in [5, 5.41) is 20.5. The number of carbonyl (C=O) groups is 1. The van der Waals surface area contributed by atoms with Gasteiger partial charge in [0.15, 0.2) is 0 Å². The summed E-state index contributed by atoms with van der Waals surface area (Å²) in [6, 6.07) is 9.71. The van der Waals surface area contributed by atoms with Crippen molar-refractivity contribution in [3.63, 3.8) is 0 Å². The lowest BCUT2D eigenvalue weighted by Gasteiger charge is -2.23. The topological polar surface area (TPSA) is 69.6 Å². The molecule has 0 heterocycles. The number of aliphatic hydroxyl groups is 1. The molecule has 102 valence electrons. The average molecular weight is 253 g/mol. The van der Waals surface area contributed by atoms with E-state index < -0.39 is 12.1 Å². The molecule has 18 heavy (non-hydrogen) atoms. The van der Waals surface area contributed by atoms with Crippen LogP contribution in [0.1, 0.15) is 39.4 Å². The van der Waals surface area contributed by atoms with E-state index in [0.717, 1.165) is 12.5 Å². The average Bonchev–Trinajstić information content (AvgIpc) is 2.25. The highest BCUT2D eigenvalue weighted by Gasteiger charge is 2.12. The minimum Gasteiger partial charge on any atom is -0.481 e. The van der Waals surface area contributed by atoms with Gasteiger partial charge in [0.1, 0.15) is 0 Å². The van der Waals surface area contributed by atoms with Crippen LogP contribution in [0.2, 0.25) is 0 Å². The van der Waals surface area contributed by atoms with Gasteiger partial charge < -0.3 is 15.5 Å². The summed E-state index contributed by atoms with van der Waals surface area (Å²) < 4.78 is 0. The summed E-state index contributed by atoms with van der Waals surface area (Å²) in [5.74, 6) is -0.833. The number of hydrogen-bond acceptors (Lipinski definition) is 3. The SMILES string of the molecule is CC(=O)O.CC(C)(C)NCC(O)c1ccccc1. The number of carboxylic acids is 1. The van der Waals surface area contributed by atoms with Gasteiger partial charge in [-0.3, -0.25) is 4.79 Å². The summed E-state index contributed by atoms with van der Waals surface area (Å²) in [6.45, 7) is 7.94. The summed E-state index contributed by atoms with van der Waals surface area (Å²) in [6.07, 6.45) is -0.421. The van der Waals surface area contributed by atoms with Gasteiger partial charge in [-0.25, -0.2) is 0 Å². The summed E-state index contributed by atoms with van der Waals surface area (Å²) in [7, 11) is 0. The fraction of sp³-hybridized carbons (Fsp3) is 0.500. The second kappa shape index (κ2) is 7.84. The Balaban J connectivity index is 0.000000631. The van der Waals surface area contributed by atoms with Crippen LogP contribution in [0.15, 0.2) is 30.3 Å². The molecule has 0 aliphatic carbocycles. The standard InChI is InChI=1S/C12H19NO.C2H4O2/c1-12(2,3)13-9-11(14)10-7-5-4-6-8-10;1-2(3)4/h4-8,11,13-14H,9H2,1-3H3;1H3,(H,3,4). The van der Waals surface area contributed by atoms with E-state index in [1.165, 1.54) is 0 Å². The zero-order valence-electron chi connectivity index (χ0n) is 11.5. The van der Waals surface area contributed by atoms with Crippen LogP contribution < -0.4 is 5.32 Å². The molecule has 1 rings (SSSR count). The van der Waals surface area contributed by atoms with E-state index in [2.05, 4.69) is 26.1 Å². The maximum Gasteiger partial charge on any atom is 0.300 e. The van der Waals surface area contributed by atoms with E-state index in [-0.39, 0.29) is 5.54 Å². The molecular formula is C14H23NO3. The molecule has 1 aromatic carbocycles. The van der Waals surface area contributed by atoms with Crippen LogP contribution in [0.25, 0.3) is 0 Å². The molecule has 0 saturated heterocycles. The van der Waals surface area contributed by atoms with Gasteiger partial charge in [-0.05, 0) is 26.3 Å². The fourth-order valence-corrected chi connectivity index (χ4v) is 1.20. The van der Waals surface area contributed by atoms with E-state index in [9.17, 15) is 5.11 Å². The van der Waals surface area contributed by atoms with Crippen LogP contribution in [0.3, 0.4) is 0 Å². The number of rotatable bonds is 3. The lowest BCUT2D eigenvalue weighted by atomic mass is 10.1. The molecule has 4 heteroatoms. The van der Waals surface area contributed by atoms with Gasteiger partial charge in [0.05, 0.1) is 6.10 Å². The Bertz CT molecular complexity index is 340. The number of aliphatic carboxylic acids is 1. The first-order valence-electron chi connectivity index (χ1n) is 5.90. The number of aliphatic hydroxyl groups excluding tert-OH is 1. The van der Waals surface area contributed by atoms with Gasteiger partial charge in [0.2, 0.25) is 0 Å². The van der Waals surface area contributed by atoms with Crippen molar-refractivity contribution in [2.45, 2.75) is 39.3 Å². The molecule has 0 aliphatic rings. The van der Waals surface area contributed by atoms with Gasteiger partial charge in [-0.15, -0.1) is 0 Å². The first-order chi connectivity index (χ1) is 8.22. The summed E-state index contributed by atoms with van der Waals surface area (Å²) in [4.78, 5) is 9.00. The monoisotopic (exact) mass is 253 g/mol. The zero-order valence-corrected chi connectivity index (χ0v) is 11.5. The van der Waals surface area contributed by atoms with Crippen LogP contribution in [-0.2, 0) is 4.79 Å². The summed E-state index contributed by atoms with van der Waals surface area (Å²) >= 11 is 0. The molecule has 1 aromatic rings. The molecule has 3 N–H and O–H groups in total. The molecule has 0 bridgehead atoms. The molecule has 1 unspecified atom stereocenters. The predicted molar refractivity (Wildman–Crippen MR) is 72.5 cm³/mol. The van der Waals surface area contributed by atoms with Crippen molar-refractivity contribution < 1.29 is 15.0 Å². The van der Waals surface area contributed by atoms with Crippen molar-refractivity contribution in [2.75, 3.05) is 6.54 Å². The summed E-state index contributed by atoms with van der Waals surface area (Å²) in [5.41, 5.74) is 1.01. The van der Waals surface area contributed by atoms with Crippen LogP contribution in [0.4, 0.5) is 0 Å². The van der Waals surface area contributed by atoms with Crippen LogP contribution in [0, 0.1) is 0 Å². The number of benzene rings is 1. The molecule has 0 aromatic heterocycles. The largest absolute Gasteiger partial charge is 0.481 e. The molecule has 0 radical (unpaired) electrons. The number of hydrogen-bond donors (Lipinski definition) is 3. The maximum absolute atomic E-state index is 9.82.